The molecule has 0 spiro atoms. The number of hydrogen-bond acceptors (Lipinski definition) is 4. The Morgan fingerprint density at radius 3 is 1.60 bits per heavy atom. The van der Waals surface area contributed by atoms with Crippen LogP contribution in [0.25, 0.3) is 12.2 Å². The van der Waals surface area contributed by atoms with Gasteiger partial charge in [-0.1, -0.05) is 36.4 Å². The van der Waals surface area contributed by atoms with Gasteiger partial charge in [0.1, 0.15) is 0 Å². The van der Waals surface area contributed by atoms with Crippen molar-refractivity contribution >= 4 is 12.2 Å². The highest BCUT2D eigenvalue weighted by molar-refractivity contribution is 5.56. The van der Waals surface area contributed by atoms with Crippen LogP contribution in [0.1, 0.15) is 30.4 Å². The second kappa shape index (κ2) is 9.42. The van der Waals surface area contributed by atoms with Crippen LogP contribution in [0.3, 0.4) is 0 Å². The minimum Gasteiger partial charge on any atom is -0.504 e. The molecule has 0 heterocycles. The minimum atomic E-state index is 0.149. The van der Waals surface area contributed by atoms with Crippen LogP contribution in [0.4, 0.5) is 0 Å². The number of hydrogen-bond donors (Lipinski definition) is 2. The number of aromatic hydroxyl groups is 2. The van der Waals surface area contributed by atoms with Crippen LogP contribution in [-0.4, -0.2) is 24.4 Å². The maximum absolute atomic E-state index is 9.57. The standard InChI is InChI=1S/C21H24O4/c1-24-20-14-16(10-12-18(20)22)8-6-4-3-5-7-9-17-11-13-19(23)21(15-17)25-2/h6-15,22-23H,3-5H2,1-2H3/b8-6+,9-7+. The van der Waals surface area contributed by atoms with E-state index in [0.29, 0.717) is 11.5 Å². The first-order valence-corrected chi connectivity index (χ1v) is 8.21. The Kier molecular flexibility index (Phi) is 6.96. The number of allylic oxidation sites excluding steroid dienone is 2. The smallest absolute Gasteiger partial charge is 0.161 e. The van der Waals surface area contributed by atoms with Crippen molar-refractivity contribution in [3.63, 3.8) is 0 Å². The fourth-order valence-corrected chi connectivity index (χ4v) is 2.39. The summed E-state index contributed by atoms with van der Waals surface area (Å²) in [6.45, 7) is 0. The summed E-state index contributed by atoms with van der Waals surface area (Å²) in [5.74, 6) is 1.26. The highest BCUT2D eigenvalue weighted by Crippen LogP contribution is 2.27. The first-order valence-electron chi connectivity index (χ1n) is 8.21. The molecule has 25 heavy (non-hydrogen) atoms. The van der Waals surface area contributed by atoms with Crippen molar-refractivity contribution in [2.45, 2.75) is 19.3 Å². The molecule has 0 atom stereocenters. The van der Waals surface area contributed by atoms with Crippen LogP contribution in [0.2, 0.25) is 0 Å². The Morgan fingerprint density at radius 1 is 0.760 bits per heavy atom. The Balaban J connectivity index is 1.77. The van der Waals surface area contributed by atoms with Crippen molar-refractivity contribution < 1.29 is 19.7 Å². The second-order valence-corrected chi connectivity index (χ2v) is 5.60. The third-order valence-corrected chi connectivity index (χ3v) is 3.77. The number of rotatable bonds is 8. The molecular formula is C21H24O4. The van der Waals surface area contributed by atoms with Gasteiger partial charge in [-0.15, -0.1) is 0 Å². The van der Waals surface area contributed by atoms with Gasteiger partial charge in [0.15, 0.2) is 23.0 Å². The van der Waals surface area contributed by atoms with E-state index < -0.39 is 0 Å². The van der Waals surface area contributed by atoms with Crippen LogP contribution >= 0.6 is 0 Å². The summed E-state index contributed by atoms with van der Waals surface area (Å²) < 4.78 is 10.2. The summed E-state index contributed by atoms with van der Waals surface area (Å²) in [5, 5.41) is 19.1. The van der Waals surface area contributed by atoms with Gasteiger partial charge in [-0.2, -0.15) is 0 Å². The summed E-state index contributed by atoms with van der Waals surface area (Å²) in [7, 11) is 3.08. The van der Waals surface area contributed by atoms with E-state index in [-0.39, 0.29) is 11.5 Å². The quantitative estimate of drug-likeness (QED) is 0.663. The van der Waals surface area contributed by atoms with Gasteiger partial charge < -0.3 is 19.7 Å². The zero-order chi connectivity index (χ0) is 18.1. The topological polar surface area (TPSA) is 58.9 Å². The molecule has 0 fully saturated rings. The van der Waals surface area contributed by atoms with Crippen molar-refractivity contribution in [3.05, 3.63) is 59.7 Å². The van der Waals surface area contributed by atoms with Crippen molar-refractivity contribution in [2.24, 2.45) is 0 Å². The molecule has 0 unspecified atom stereocenters. The van der Waals surface area contributed by atoms with E-state index in [0.717, 1.165) is 30.4 Å². The fourth-order valence-electron chi connectivity index (χ4n) is 2.39. The average molecular weight is 340 g/mol. The molecule has 0 aromatic heterocycles. The van der Waals surface area contributed by atoms with Crippen molar-refractivity contribution in [3.8, 4) is 23.0 Å². The van der Waals surface area contributed by atoms with Crippen LogP contribution in [-0.2, 0) is 0 Å². The normalized spacial score (nSPS) is 11.3. The summed E-state index contributed by atoms with van der Waals surface area (Å²) in [6.07, 6.45) is 11.2. The summed E-state index contributed by atoms with van der Waals surface area (Å²) in [6, 6.07) is 10.6. The molecular weight excluding hydrogens is 316 g/mol. The Bertz CT molecular complexity index is 684. The third-order valence-electron chi connectivity index (χ3n) is 3.77. The van der Waals surface area contributed by atoms with Gasteiger partial charge >= 0.3 is 0 Å². The Morgan fingerprint density at radius 2 is 1.20 bits per heavy atom. The molecule has 2 aromatic rings. The van der Waals surface area contributed by atoms with Gasteiger partial charge in [0, 0.05) is 0 Å². The summed E-state index contributed by atoms with van der Waals surface area (Å²) >= 11 is 0. The van der Waals surface area contributed by atoms with Gasteiger partial charge in [-0.25, -0.2) is 0 Å². The van der Waals surface area contributed by atoms with Crippen LogP contribution < -0.4 is 9.47 Å². The number of methoxy groups -OCH3 is 2. The largest absolute Gasteiger partial charge is 0.504 e. The maximum atomic E-state index is 9.57. The van der Waals surface area contributed by atoms with Crippen molar-refractivity contribution in [1.29, 1.82) is 0 Å². The van der Waals surface area contributed by atoms with Gasteiger partial charge in [-0.05, 0) is 54.7 Å². The number of phenolic OH excluding ortho intramolecular Hbond substituents is 2. The maximum Gasteiger partial charge on any atom is 0.161 e. The van der Waals surface area contributed by atoms with Gasteiger partial charge in [-0.3, -0.25) is 0 Å². The van der Waals surface area contributed by atoms with E-state index in [9.17, 15) is 10.2 Å². The molecule has 4 nitrogen and oxygen atoms in total. The lowest BCUT2D eigenvalue weighted by Crippen LogP contribution is -1.84. The minimum absolute atomic E-state index is 0.149. The molecule has 0 saturated carbocycles. The van der Waals surface area contributed by atoms with E-state index >= 15 is 0 Å². The van der Waals surface area contributed by atoms with Crippen LogP contribution in [0, 0.1) is 0 Å². The number of unbranched alkanes of at least 4 members (excludes halogenated alkanes) is 2. The van der Waals surface area contributed by atoms with E-state index in [1.807, 2.05) is 36.4 Å². The Hall–Kier alpha value is -2.88. The second-order valence-electron chi connectivity index (χ2n) is 5.60. The molecule has 0 bridgehead atoms. The first kappa shape index (κ1) is 18.5. The molecule has 0 amide bonds. The Labute approximate surface area is 148 Å². The van der Waals surface area contributed by atoms with Crippen molar-refractivity contribution in [1.82, 2.24) is 0 Å². The SMILES string of the molecule is COc1cc(/C=C/CCC/C=C/c2ccc(O)c(OC)c2)ccc1O. The molecule has 0 aliphatic rings. The first-order chi connectivity index (χ1) is 12.1. The monoisotopic (exact) mass is 340 g/mol. The molecule has 0 saturated heterocycles. The molecule has 0 radical (unpaired) electrons. The lowest BCUT2D eigenvalue weighted by Gasteiger charge is -2.03. The fraction of sp³-hybridized carbons (Fsp3) is 0.238. The molecule has 0 aliphatic heterocycles. The molecule has 4 heteroatoms. The highest BCUT2D eigenvalue weighted by atomic mass is 16.5. The predicted molar refractivity (Wildman–Crippen MR) is 101 cm³/mol. The zero-order valence-electron chi connectivity index (χ0n) is 14.6. The summed E-state index contributed by atoms with van der Waals surface area (Å²) in [5.41, 5.74) is 2.00. The lowest BCUT2D eigenvalue weighted by molar-refractivity contribution is 0.373. The molecule has 2 aromatic carbocycles. The third kappa shape index (κ3) is 5.60. The number of phenols is 2. The predicted octanol–water partition coefficient (Wildman–Crippen LogP) is 5.01. The molecule has 2 rings (SSSR count). The van der Waals surface area contributed by atoms with Crippen molar-refractivity contribution in [2.75, 3.05) is 14.2 Å². The molecule has 132 valence electrons. The number of benzene rings is 2. The van der Waals surface area contributed by atoms with Crippen LogP contribution in [0.5, 0.6) is 23.0 Å². The lowest BCUT2D eigenvalue weighted by atomic mass is 10.1. The van der Waals surface area contributed by atoms with Gasteiger partial charge in [0.2, 0.25) is 0 Å². The molecule has 2 N–H and O–H groups in total. The van der Waals surface area contributed by atoms with Gasteiger partial charge in [0.05, 0.1) is 14.2 Å². The van der Waals surface area contributed by atoms with E-state index in [1.165, 1.54) is 0 Å². The van der Waals surface area contributed by atoms with E-state index in [2.05, 4.69) is 12.2 Å². The number of ether oxygens (including phenoxy) is 2. The summed E-state index contributed by atoms with van der Waals surface area (Å²) in [4.78, 5) is 0. The average Bonchev–Trinajstić information content (AvgIpc) is 2.63. The van der Waals surface area contributed by atoms with E-state index in [1.54, 1.807) is 26.4 Å². The zero-order valence-corrected chi connectivity index (χ0v) is 14.6. The van der Waals surface area contributed by atoms with E-state index in [4.69, 9.17) is 9.47 Å². The van der Waals surface area contributed by atoms with Gasteiger partial charge in [0.25, 0.3) is 0 Å². The highest BCUT2D eigenvalue weighted by Gasteiger charge is 2.01. The molecule has 0 aliphatic carbocycles. The van der Waals surface area contributed by atoms with Crippen LogP contribution in [0.15, 0.2) is 48.6 Å².